The normalized spacial score (nSPS) is 10.9. The highest BCUT2D eigenvalue weighted by Gasteiger charge is 2.20. The minimum Gasteiger partial charge on any atom is -0.324 e. The third-order valence-corrected chi connectivity index (χ3v) is 7.03. The van der Waals surface area contributed by atoms with Crippen LogP contribution in [0.4, 0.5) is 11.6 Å². The minimum absolute atomic E-state index is 0.565. The fraction of sp³-hybridized carbons (Fsp3) is 0.0800. The number of anilines is 2. The first-order valence-corrected chi connectivity index (χ1v) is 12.1. The Balaban J connectivity index is 1.54. The second-order valence-corrected chi connectivity index (χ2v) is 9.13. The number of nitrogens with one attached hydrogen (secondary N) is 1. The number of para-hydroxylation sites is 2. The molecule has 0 amide bonds. The van der Waals surface area contributed by atoms with Crippen LogP contribution in [0.5, 0.6) is 0 Å². The number of hydrogen-bond acceptors (Lipinski definition) is 6. The summed E-state index contributed by atoms with van der Waals surface area (Å²) < 4.78 is 2.00. The van der Waals surface area contributed by atoms with Crippen LogP contribution in [0, 0.1) is 6.92 Å². The number of aromatic nitrogens is 4. The molecule has 3 aromatic heterocycles. The first-order valence-electron chi connectivity index (χ1n) is 10.2. The average Bonchev–Trinajstić information content (AvgIpc) is 3.47. The van der Waals surface area contributed by atoms with Crippen LogP contribution in [0.15, 0.2) is 95.5 Å². The first-order chi connectivity index (χ1) is 15.8. The molecule has 0 bridgehead atoms. The van der Waals surface area contributed by atoms with Crippen LogP contribution in [-0.4, -0.2) is 19.7 Å². The summed E-state index contributed by atoms with van der Waals surface area (Å²) in [7, 11) is 0. The van der Waals surface area contributed by atoms with Crippen LogP contribution in [0.25, 0.3) is 16.9 Å². The number of rotatable bonds is 7. The predicted octanol–water partition coefficient (Wildman–Crippen LogP) is 6.74. The third kappa shape index (κ3) is 4.44. The third-order valence-electron chi connectivity index (χ3n) is 4.96. The molecule has 2 aromatic carbocycles. The van der Waals surface area contributed by atoms with Gasteiger partial charge in [0.05, 0.1) is 22.6 Å². The molecule has 0 aliphatic carbocycles. The van der Waals surface area contributed by atoms with E-state index >= 15 is 0 Å². The van der Waals surface area contributed by atoms with E-state index in [1.54, 1.807) is 29.3 Å². The summed E-state index contributed by atoms with van der Waals surface area (Å²) in [5.41, 5.74) is 4.93. The maximum atomic E-state index is 4.97. The summed E-state index contributed by atoms with van der Waals surface area (Å²) in [6.45, 7) is 2.09. The molecule has 0 saturated carbocycles. The van der Waals surface area contributed by atoms with E-state index in [-0.39, 0.29) is 0 Å². The maximum Gasteiger partial charge on any atom is 0.227 e. The molecular formula is C25H21N5S2. The molecule has 158 valence electrons. The molecular weight excluding hydrogens is 434 g/mol. The SMILES string of the molecule is Cc1c(-c2ccnc(Nc3ccccc3)n2)c(SCc2cccs2)nn1-c1ccccc1. The van der Waals surface area contributed by atoms with Gasteiger partial charge in [0.15, 0.2) is 0 Å². The van der Waals surface area contributed by atoms with E-state index < -0.39 is 0 Å². The lowest BCUT2D eigenvalue weighted by atomic mass is 10.2. The van der Waals surface area contributed by atoms with E-state index in [2.05, 4.69) is 46.9 Å². The van der Waals surface area contributed by atoms with Crippen LogP contribution in [0.3, 0.4) is 0 Å². The van der Waals surface area contributed by atoms with Crippen molar-refractivity contribution in [1.82, 2.24) is 19.7 Å². The van der Waals surface area contributed by atoms with E-state index in [9.17, 15) is 0 Å². The molecule has 5 rings (SSSR count). The second-order valence-electron chi connectivity index (χ2n) is 7.14. The van der Waals surface area contributed by atoms with Gasteiger partial charge in [-0.1, -0.05) is 54.2 Å². The van der Waals surface area contributed by atoms with E-state index in [4.69, 9.17) is 10.1 Å². The highest BCUT2D eigenvalue weighted by atomic mass is 32.2. The quantitative estimate of drug-likeness (QED) is 0.276. The summed E-state index contributed by atoms with van der Waals surface area (Å²) in [5.74, 6) is 1.44. The molecule has 0 spiro atoms. The van der Waals surface area contributed by atoms with Crippen molar-refractivity contribution in [1.29, 1.82) is 0 Å². The van der Waals surface area contributed by atoms with Crippen molar-refractivity contribution in [2.45, 2.75) is 17.7 Å². The second kappa shape index (κ2) is 9.38. The molecule has 0 aliphatic rings. The topological polar surface area (TPSA) is 55.6 Å². The van der Waals surface area contributed by atoms with Crippen molar-refractivity contribution in [3.8, 4) is 16.9 Å². The molecule has 1 N–H and O–H groups in total. The molecule has 0 radical (unpaired) electrons. The summed E-state index contributed by atoms with van der Waals surface area (Å²) in [6.07, 6.45) is 1.79. The molecule has 3 heterocycles. The Morgan fingerprint density at radius 1 is 0.938 bits per heavy atom. The predicted molar refractivity (Wildman–Crippen MR) is 133 cm³/mol. The van der Waals surface area contributed by atoms with Crippen LogP contribution in [0.2, 0.25) is 0 Å². The molecule has 5 nitrogen and oxygen atoms in total. The summed E-state index contributed by atoms with van der Waals surface area (Å²) in [6, 6.07) is 26.4. The molecule has 32 heavy (non-hydrogen) atoms. The molecule has 0 fully saturated rings. The van der Waals surface area contributed by atoms with Gasteiger partial charge in [-0.2, -0.15) is 5.10 Å². The summed E-state index contributed by atoms with van der Waals surface area (Å²) in [4.78, 5) is 10.6. The fourth-order valence-corrected chi connectivity index (χ4v) is 5.29. The molecule has 7 heteroatoms. The Bertz CT molecular complexity index is 1300. The van der Waals surface area contributed by atoms with E-state index in [1.807, 2.05) is 59.3 Å². The van der Waals surface area contributed by atoms with Crippen molar-refractivity contribution in [2.75, 3.05) is 5.32 Å². The van der Waals surface area contributed by atoms with Crippen LogP contribution < -0.4 is 5.32 Å². The lowest BCUT2D eigenvalue weighted by Gasteiger charge is -2.08. The van der Waals surface area contributed by atoms with Gasteiger partial charge in [-0.15, -0.1) is 11.3 Å². The standard InChI is InChI=1S/C25H21N5S2/c1-18-23(22-14-15-26-25(28-22)27-19-9-4-2-5-10-19)24(32-17-21-13-8-16-31-21)29-30(18)20-11-6-3-7-12-20/h2-16H,17H2,1H3,(H,26,27,28). The van der Waals surface area contributed by atoms with Gasteiger partial charge in [-0.05, 0) is 48.7 Å². The largest absolute Gasteiger partial charge is 0.324 e. The van der Waals surface area contributed by atoms with Gasteiger partial charge in [0.25, 0.3) is 0 Å². The lowest BCUT2D eigenvalue weighted by Crippen LogP contribution is -2.00. The fourth-order valence-electron chi connectivity index (χ4n) is 3.44. The van der Waals surface area contributed by atoms with Crippen molar-refractivity contribution >= 4 is 34.7 Å². The zero-order chi connectivity index (χ0) is 21.8. The number of benzene rings is 2. The molecule has 0 atom stereocenters. The molecule has 5 aromatic rings. The Hall–Kier alpha value is -3.42. The van der Waals surface area contributed by atoms with Gasteiger partial charge in [0.2, 0.25) is 5.95 Å². The summed E-state index contributed by atoms with van der Waals surface area (Å²) in [5, 5.41) is 11.3. The number of nitrogens with zero attached hydrogens (tertiary/aromatic N) is 4. The lowest BCUT2D eigenvalue weighted by molar-refractivity contribution is 0.813. The van der Waals surface area contributed by atoms with Crippen molar-refractivity contribution < 1.29 is 0 Å². The Morgan fingerprint density at radius 3 is 2.47 bits per heavy atom. The monoisotopic (exact) mass is 455 g/mol. The van der Waals surface area contributed by atoms with E-state index in [0.717, 1.165) is 39.1 Å². The van der Waals surface area contributed by atoms with Gasteiger partial charge in [-0.25, -0.2) is 14.6 Å². The van der Waals surface area contributed by atoms with Gasteiger partial charge in [0.1, 0.15) is 5.03 Å². The smallest absolute Gasteiger partial charge is 0.227 e. The average molecular weight is 456 g/mol. The van der Waals surface area contributed by atoms with Crippen LogP contribution in [0.1, 0.15) is 10.6 Å². The zero-order valence-electron chi connectivity index (χ0n) is 17.5. The van der Waals surface area contributed by atoms with Crippen LogP contribution in [-0.2, 0) is 5.75 Å². The Kier molecular flexibility index (Phi) is 6.00. The van der Waals surface area contributed by atoms with Gasteiger partial charge < -0.3 is 5.32 Å². The van der Waals surface area contributed by atoms with E-state index in [0.29, 0.717) is 5.95 Å². The number of hydrogen-bond donors (Lipinski definition) is 1. The highest BCUT2D eigenvalue weighted by molar-refractivity contribution is 7.98. The first kappa shape index (κ1) is 20.5. The van der Waals surface area contributed by atoms with Gasteiger partial charge in [-0.3, -0.25) is 0 Å². The minimum atomic E-state index is 0.565. The maximum absolute atomic E-state index is 4.97. The van der Waals surface area contributed by atoms with Crippen molar-refractivity contribution in [3.05, 3.63) is 101 Å². The van der Waals surface area contributed by atoms with Crippen molar-refractivity contribution in [3.63, 3.8) is 0 Å². The number of thiophene rings is 1. The summed E-state index contributed by atoms with van der Waals surface area (Å²) >= 11 is 3.50. The molecule has 0 saturated heterocycles. The zero-order valence-corrected chi connectivity index (χ0v) is 19.1. The Morgan fingerprint density at radius 2 is 1.72 bits per heavy atom. The van der Waals surface area contributed by atoms with Gasteiger partial charge >= 0.3 is 0 Å². The van der Waals surface area contributed by atoms with Crippen molar-refractivity contribution in [2.24, 2.45) is 0 Å². The highest BCUT2D eigenvalue weighted by Crippen LogP contribution is 2.36. The van der Waals surface area contributed by atoms with Crippen LogP contribution >= 0.6 is 23.1 Å². The Labute approximate surface area is 195 Å². The number of thioether (sulfide) groups is 1. The molecule has 0 unspecified atom stereocenters. The van der Waals surface area contributed by atoms with Gasteiger partial charge in [0, 0.05) is 22.5 Å². The molecule has 0 aliphatic heterocycles. The van der Waals surface area contributed by atoms with E-state index in [1.165, 1.54) is 4.88 Å².